The smallest absolute Gasteiger partial charge is 0.399 e. The van der Waals surface area contributed by atoms with Gasteiger partial charge in [-0.2, -0.15) is 0 Å². The number of hydrogen-bond acceptors (Lipinski definition) is 12. The number of pyridine rings is 4. The summed E-state index contributed by atoms with van der Waals surface area (Å²) in [6.45, 7) is 8.32. The van der Waals surface area contributed by atoms with Crippen LogP contribution in [0.2, 0.25) is 5.15 Å². The average molecular weight is 1450 g/mol. The van der Waals surface area contributed by atoms with E-state index in [2.05, 4.69) is 261 Å². The van der Waals surface area contributed by atoms with Gasteiger partial charge < -0.3 is 9.31 Å². The summed E-state index contributed by atoms with van der Waals surface area (Å²) in [5.41, 5.74) is 16.8. The molecule has 514 valence electrons. The summed E-state index contributed by atoms with van der Waals surface area (Å²) in [7, 11) is -0.378. The Hall–Kier alpha value is -12.3. The predicted molar refractivity (Wildman–Crippen MR) is 451 cm³/mol. The topological polar surface area (TPSA) is 122 Å². The Morgan fingerprint density at radius 1 is 0.296 bits per heavy atom. The zero-order valence-electron chi connectivity index (χ0n) is 59.2. The minimum absolute atomic E-state index is 0.367. The fourth-order valence-corrected chi connectivity index (χ4v) is 17.6. The largest absolute Gasteiger partial charge is 0.494 e. The van der Waals surface area contributed by atoms with Crippen molar-refractivity contribution < 1.29 is 9.31 Å². The molecule has 0 atom stereocenters. The number of thiophene rings is 2. The van der Waals surface area contributed by atoms with Gasteiger partial charge in [0, 0.05) is 105 Å². The summed E-state index contributed by atoms with van der Waals surface area (Å²) < 4.78 is 17.2. The lowest BCUT2D eigenvalue weighted by Gasteiger charge is -2.32. The molecule has 9 heterocycles. The van der Waals surface area contributed by atoms with E-state index in [1.807, 2.05) is 91.4 Å². The van der Waals surface area contributed by atoms with Crippen molar-refractivity contribution in [3.8, 4) is 78.8 Å². The number of aromatic nitrogens is 8. The van der Waals surface area contributed by atoms with Crippen LogP contribution in [0.1, 0.15) is 27.7 Å². The number of halogens is 1. The van der Waals surface area contributed by atoms with Crippen LogP contribution in [0.15, 0.2) is 316 Å². The highest BCUT2D eigenvalue weighted by Crippen LogP contribution is 2.47. The molecule has 1 aliphatic rings. The van der Waals surface area contributed by atoms with Gasteiger partial charge in [0.25, 0.3) is 0 Å². The standard InChI is InChI=1S/C44H26N4S.C36H31BN2O2.C14H7ClN2S/c1-2-10-28(11-3-1)41-34-14-6-8-16-37(34)47-44(48-41)29-20-18-27(19-21-29)30-22-23-33(32-13-5-4-12-31(30)32)42-43-40(35-15-7-9-17-39(35)49-43)36-26-45-25-24-38(36)46-42;1-35(2)36(3,4)41-37(40-35)26-20-18-24(19-21-26)27-22-23-30(29-15-9-8-14-28(27)29)34-38-32-17-11-10-16-31(32)33(39-34)25-12-6-5-7-13-25;15-14-13-12(8-3-1-2-4-11(8)18-13)9-7-16-6-5-10(9)17-14/h1-26H;5-23H,1-4H3;1-7H. The van der Waals surface area contributed by atoms with Crippen LogP contribution >= 0.6 is 34.3 Å². The maximum absolute atomic E-state index is 6.29. The molecule has 1 aliphatic heterocycles. The van der Waals surface area contributed by atoms with Crippen molar-refractivity contribution in [3.63, 3.8) is 0 Å². The lowest BCUT2D eigenvalue weighted by molar-refractivity contribution is 0.00578. The molecule has 20 aromatic rings. The van der Waals surface area contributed by atoms with Gasteiger partial charge in [0.1, 0.15) is 5.15 Å². The fourth-order valence-electron chi connectivity index (χ4n) is 14.9. The first-order valence-electron chi connectivity index (χ1n) is 36.0. The molecule has 0 unspecified atom stereocenters. The van der Waals surface area contributed by atoms with Crippen LogP contribution in [0.3, 0.4) is 0 Å². The molecule has 0 radical (unpaired) electrons. The molecule has 108 heavy (non-hydrogen) atoms. The third-order valence-corrected chi connectivity index (χ3v) is 23.8. The summed E-state index contributed by atoms with van der Waals surface area (Å²) in [6.07, 6.45) is 7.38. The minimum Gasteiger partial charge on any atom is -0.399 e. The van der Waals surface area contributed by atoms with Gasteiger partial charge in [0.05, 0.1) is 59.8 Å². The van der Waals surface area contributed by atoms with E-state index < -0.39 is 0 Å². The molecule has 1 saturated heterocycles. The molecule has 0 saturated carbocycles. The highest BCUT2D eigenvalue weighted by atomic mass is 35.5. The van der Waals surface area contributed by atoms with Gasteiger partial charge in [-0.15, -0.1) is 22.7 Å². The highest BCUT2D eigenvalue weighted by molar-refractivity contribution is 7.27. The Morgan fingerprint density at radius 3 is 1.23 bits per heavy atom. The summed E-state index contributed by atoms with van der Waals surface area (Å²) in [4.78, 5) is 38.6. The molecule has 12 aromatic carbocycles. The maximum atomic E-state index is 6.29. The molecule has 0 N–H and O–H groups in total. The first-order valence-corrected chi connectivity index (χ1v) is 38.0. The minimum atomic E-state index is -0.378. The van der Waals surface area contributed by atoms with Crippen LogP contribution in [0, 0.1) is 0 Å². The van der Waals surface area contributed by atoms with Crippen molar-refractivity contribution in [1.82, 2.24) is 39.9 Å². The van der Waals surface area contributed by atoms with Crippen molar-refractivity contribution in [2.45, 2.75) is 38.9 Å². The van der Waals surface area contributed by atoms with Crippen LogP contribution < -0.4 is 5.46 Å². The van der Waals surface area contributed by atoms with Gasteiger partial charge in [-0.05, 0) is 119 Å². The summed E-state index contributed by atoms with van der Waals surface area (Å²) in [5.74, 6) is 1.44. The van der Waals surface area contributed by atoms with Crippen molar-refractivity contribution in [2.75, 3.05) is 0 Å². The lowest BCUT2D eigenvalue weighted by atomic mass is 9.78. The summed E-state index contributed by atoms with van der Waals surface area (Å²) >= 11 is 9.77. The first-order chi connectivity index (χ1) is 52.9. The first kappa shape index (κ1) is 66.4. The van der Waals surface area contributed by atoms with Crippen molar-refractivity contribution in [2.24, 2.45) is 0 Å². The molecular weight excluding hydrogens is 1380 g/mol. The summed E-state index contributed by atoms with van der Waals surface area (Å²) in [5, 5.41) is 14.3. The maximum Gasteiger partial charge on any atom is 0.494 e. The Labute approximate surface area is 635 Å². The fraction of sp³-hybridized carbons (Fsp3) is 0.0638. The molecule has 14 heteroatoms. The van der Waals surface area contributed by atoms with E-state index in [4.69, 9.17) is 45.8 Å². The number of hydrogen-bond donors (Lipinski definition) is 0. The number of nitrogens with zero attached hydrogens (tertiary/aromatic N) is 8. The Kier molecular flexibility index (Phi) is 16.7. The van der Waals surface area contributed by atoms with E-state index in [1.54, 1.807) is 28.9 Å². The average Bonchev–Trinajstić information content (AvgIpc) is 1.50. The second-order valence-electron chi connectivity index (χ2n) is 28.0. The van der Waals surface area contributed by atoms with Crippen molar-refractivity contribution >= 4 is 152 Å². The van der Waals surface area contributed by atoms with E-state index in [9.17, 15) is 0 Å². The van der Waals surface area contributed by atoms with E-state index in [-0.39, 0.29) is 18.3 Å². The van der Waals surface area contributed by atoms with Gasteiger partial charge >= 0.3 is 7.12 Å². The molecule has 0 amide bonds. The molecule has 0 aliphatic carbocycles. The molecule has 0 spiro atoms. The third-order valence-electron chi connectivity index (χ3n) is 21.0. The van der Waals surface area contributed by atoms with Gasteiger partial charge in [-0.25, -0.2) is 29.9 Å². The highest BCUT2D eigenvalue weighted by Gasteiger charge is 2.51. The van der Waals surface area contributed by atoms with Crippen molar-refractivity contribution in [3.05, 3.63) is 321 Å². The Bertz CT molecular complexity index is 6900. The number of para-hydroxylation sites is 2. The Morgan fingerprint density at radius 2 is 0.685 bits per heavy atom. The van der Waals surface area contributed by atoms with E-state index in [0.717, 1.165) is 132 Å². The zero-order valence-corrected chi connectivity index (χ0v) is 61.6. The van der Waals surface area contributed by atoms with Crippen LogP contribution in [0.5, 0.6) is 0 Å². The normalized spacial score (nSPS) is 13.3. The molecular formula is C94H64BClN8O2S2. The second-order valence-corrected chi connectivity index (χ2v) is 30.5. The van der Waals surface area contributed by atoms with Crippen LogP contribution in [0.4, 0.5) is 0 Å². The van der Waals surface area contributed by atoms with E-state index >= 15 is 0 Å². The number of benzene rings is 12. The molecule has 10 nitrogen and oxygen atoms in total. The number of rotatable bonds is 8. The Balaban J connectivity index is 0.000000121. The summed E-state index contributed by atoms with van der Waals surface area (Å²) in [6, 6.07) is 101. The van der Waals surface area contributed by atoms with Gasteiger partial charge in [0.2, 0.25) is 0 Å². The molecule has 8 aromatic heterocycles. The monoisotopic (exact) mass is 1450 g/mol. The quantitative estimate of drug-likeness (QED) is 0.107. The SMILES string of the molecule is CC1(C)OB(c2ccc(-c3ccc(-c4nc(-c5ccccc5)c5ccccc5n4)c4ccccc34)cc2)OC1(C)C.Clc1nc2ccncc2c2c1sc1ccccc12.c1ccc(-c2nc(-c3ccc(-c4ccc(-c5nc6ccncc6c6c5sc5ccccc56)c5ccccc45)cc3)nc3ccccc23)cc1. The van der Waals surface area contributed by atoms with Crippen LogP contribution in [-0.4, -0.2) is 58.2 Å². The second kappa shape index (κ2) is 27.2. The van der Waals surface area contributed by atoms with Crippen molar-refractivity contribution in [1.29, 1.82) is 0 Å². The third kappa shape index (κ3) is 11.8. The van der Waals surface area contributed by atoms with Crippen LogP contribution in [0.25, 0.3) is 184 Å². The molecule has 1 fully saturated rings. The molecule has 21 rings (SSSR count). The lowest BCUT2D eigenvalue weighted by Crippen LogP contribution is -2.41. The van der Waals surface area contributed by atoms with E-state index in [1.165, 1.54) is 52.0 Å². The predicted octanol–water partition coefficient (Wildman–Crippen LogP) is 24.5. The number of fused-ring (bicyclic) bond motifs is 14. The molecule has 0 bridgehead atoms. The van der Waals surface area contributed by atoms with Crippen LogP contribution in [-0.2, 0) is 9.31 Å². The van der Waals surface area contributed by atoms with E-state index in [0.29, 0.717) is 11.0 Å². The van der Waals surface area contributed by atoms with Gasteiger partial charge in [-0.1, -0.05) is 260 Å². The zero-order chi connectivity index (χ0) is 72.6. The van der Waals surface area contributed by atoms with Gasteiger partial charge in [-0.3, -0.25) is 9.97 Å². The van der Waals surface area contributed by atoms with Gasteiger partial charge in [0.15, 0.2) is 11.6 Å².